The minimum Gasteiger partial charge on any atom is -0.507 e. The number of carbonyl (C=O) groups is 1. The second kappa shape index (κ2) is 8.21. The summed E-state index contributed by atoms with van der Waals surface area (Å²) in [6.07, 6.45) is 6.42. The van der Waals surface area contributed by atoms with Crippen LogP contribution in [0.15, 0.2) is 71.4 Å². The van der Waals surface area contributed by atoms with Crippen molar-refractivity contribution in [2.45, 2.75) is 19.8 Å². The highest BCUT2D eigenvalue weighted by atomic mass is 16.3. The number of pyridine rings is 1. The van der Waals surface area contributed by atoms with E-state index in [2.05, 4.69) is 41.3 Å². The molecule has 4 rings (SSSR count). The fourth-order valence-corrected chi connectivity index (χ4v) is 3.03. The average Bonchev–Trinajstić information content (AvgIpc) is 3.16. The fraction of sp³-hybridized carbons (Fsp3) is 0.125. The van der Waals surface area contributed by atoms with E-state index < -0.39 is 0 Å². The van der Waals surface area contributed by atoms with Crippen molar-refractivity contribution in [2.24, 2.45) is 0 Å². The van der Waals surface area contributed by atoms with Crippen LogP contribution in [0.25, 0.3) is 28.6 Å². The molecule has 0 fully saturated rings. The molecule has 0 aliphatic heterocycles. The number of aromatic nitrogens is 2. The van der Waals surface area contributed by atoms with Crippen LogP contribution in [0.1, 0.15) is 30.9 Å². The van der Waals surface area contributed by atoms with Gasteiger partial charge in [-0.1, -0.05) is 38.1 Å². The van der Waals surface area contributed by atoms with E-state index in [9.17, 15) is 9.90 Å². The van der Waals surface area contributed by atoms with Gasteiger partial charge in [0.1, 0.15) is 11.3 Å². The number of amides is 1. The molecule has 6 nitrogen and oxygen atoms in total. The molecule has 2 N–H and O–H groups in total. The van der Waals surface area contributed by atoms with E-state index >= 15 is 0 Å². The molecule has 0 spiro atoms. The van der Waals surface area contributed by atoms with Gasteiger partial charge in [0.2, 0.25) is 11.8 Å². The molecule has 2 aromatic heterocycles. The Kier molecular flexibility index (Phi) is 5.30. The summed E-state index contributed by atoms with van der Waals surface area (Å²) in [5.41, 5.74) is 4.29. The van der Waals surface area contributed by atoms with Crippen LogP contribution in [0.2, 0.25) is 0 Å². The first-order chi connectivity index (χ1) is 14.5. The van der Waals surface area contributed by atoms with Gasteiger partial charge in [0, 0.05) is 30.1 Å². The van der Waals surface area contributed by atoms with Gasteiger partial charge >= 0.3 is 0 Å². The number of benzene rings is 2. The lowest BCUT2D eigenvalue weighted by Crippen LogP contribution is -2.07. The lowest BCUT2D eigenvalue weighted by molar-refractivity contribution is -0.111. The number of rotatable bonds is 5. The predicted molar refractivity (Wildman–Crippen MR) is 117 cm³/mol. The van der Waals surface area contributed by atoms with Crippen LogP contribution in [0, 0.1) is 0 Å². The van der Waals surface area contributed by atoms with Crippen molar-refractivity contribution in [2.75, 3.05) is 5.32 Å². The molecule has 1 amide bonds. The Hall–Kier alpha value is -3.93. The Balaban J connectivity index is 1.45. The van der Waals surface area contributed by atoms with Gasteiger partial charge in [-0.2, -0.15) is 0 Å². The van der Waals surface area contributed by atoms with Crippen LogP contribution in [-0.2, 0) is 4.79 Å². The topological polar surface area (TPSA) is 88.3 Å². The maximum atomic E-state index is 12.2. The Morgan fingerprint density at radius 3 is 2.63 bits per heavy atom. The summed E-state index contributed by atoms with van der Waals surface area (Å²) in [4.78, 5) is 20.6. The van der Waals surface area contributed by atoms with Gasteiger partial charge < -0.3 is 14.8 Å². The molecule has 0 atom stereocenters. The zero-order chi connectivity index (χ0) is 21.1. The van der Waals surface area contributed by atoms with E-state index in [1.54, 1.807) is 36.7 Å². The monoisotopic (exact) mass is 399 g/mol. The molecular weight excluding hydrogens is 378 g/mol. The van der Waals surface area contributed by atoms with Gasteiger partial charge in [0.25, 0.3) is 0 Å². The van der Waals surface area contributed by atoms with Gasteiger partial charge in [0.15, 0.2) is 5.58 Å². The standard InChI is InChI=1S/C24H21N3O3/c1-15(2)17-6-3-16(4-7-17)5-10-23(29)26-18-8-9-19(21(28)13-18)24-27-20-14-25-12-11-22(20)30-24/h3-15,28H,1-2H3,(H,26,29)/b10-5+. The normalized spacial score (nSPS) is 11.4. The molecule has 0 unspecified atom stereocenters. The van der Waals surface area contributed by atoms with Gasteiger partial charge in [0.05, 0.1) is 11.8 Å². The van der Waals surface area contributed by atoms with Crippen molar-refractivity contribution in [3.63, 3.8) is 0 Å². The smallest absolute Gasteiger partial charge is 0.248 e. The molecule has 150 valence electrons. The maximum absolute atomic E-state index is 12.2. The van der Waals surface area contributed by atoms with E-state index in [4.69, 9.17) is 4.42 Å². The van der Waals surface area contributed by atoms with E-state index in [1.165, 1.54) is 17.7 Å². The third-order valence-electron chi connectivity index (χ3n) is 4.72. The molecule has 0 aliphatic rings. The molecule has 6 heteroatoms. The van der Waals surface area contributed by atoms with Gasteiger partial charge in [-0.25, -0.2) is 4.98 Å². The summed E-state index contributed by atoms with van der Waals surface area (Å²) in [6.45, 7) is 4.28. The van der Waals surface area contributed by atoms with E-state index in [1.807, 2.05) is 12.1 Å². The summed E-state index contributed by atoms with van der Waals surface area (Å²) >= 11 is 0. The molecule has 2 aromatic carbocycles. The first kappa shape index (κ1) is 19.4. The van der Waals surface area contributed by atoms with Crippen molar-refractivity contribution >= 4 is 28.8 Å². The van der Waals surface area contributed by atoms with Crippen molar-refractivity contribution in [3.8, 4) is 17.2 Å². The quantitative estimate of drug-likeness (QED) is 0.441. The van der Waals surface area contributed by atoms with E-state index in [0.717, 1.165) is 5.56 Å². The number of carbonyl (C=O) groups excluding carboxylic acids is 1. The number of aromatic hydroxyl groups is 1. The van der Waals surface area contributed by atoms with Crippen LogP contribution in [0.4, 0.5) is 5.69 Å². The molecule has 30 heavy (non-hydrogen) atoms. The second-order valence-electron chi connectivity index (χ2n) is 7.24. The Bertz CT molecular complexity index is 1190. The third kappa shape index (κ3) is 4.22. The summed E-state index contributed by atoms with van der Waals surface area (Å²) < 4.78 is 5.66. The third-order valence-corrected chi connectivity index (χ3v) is 4.72. The lowest BCUT2D eigenvalue weighted by Gasteiger charge is -2.06. The van der Waals surface area contributed by atoms with E-state index in [0.29, 0.717) is 28.3 Å². The van der Waals surface area contributed by atoms with Crippen molar-refractivity contribution in [1.29, 1.82) is 0 Å². The number of hydrogen-bond donors (Lipinski definition) is 2. The number of fused-ring (bicyclic) bond motifs is 1. The Morgan fingerprint density at radius 2 is 1.93 bits per heavy atom. The number of phenolic OH excluding ortho intramolecular Hbond substituents is 1. The summed E-state index contributed by atoms with van der Waals surface area (Å²) in [5, 5.41) is 13.1. The summed E-state index contributed by atoms with van der Waals surface area (Å²) in [5.74, 6) is 0.426. The Morgan fingerprint density at radius 1 is 1.13 bits per heavy atom. The molecule has 0 radical (unpaired) electrons. The van der Waals surface area contributed by atoms with Crippen LogP contribution < -0.4 is 5.32 Å². The van der Waals surface area contributed by atoms with Gasteiger partial charge in [-0.05, 0) is 35.3 Å². The number of phenols is 1. The van der Waals surface area contributed by atoms with Crippen molar-refractivity contribution in [1.82, 2.24) is 9.97 Å². The highest BCUT2D eigenvalue weighted by molar-refractivity contribution is 6.02. The number of anilines is 1. The molecule has 2 heterocycles. The number of nitrogens with one attached hydrogen (secondary N) is 1. The zero-order valence-electron chi connectivity index (χ0n) is 16.7. The number of hydrogen-bond acceptors (Lipinski definition) is 5. The first-order valence-corrected chi connectivity index (χ1v) is 9.62. The average molecular weight is 399 g/mol. The highest BCUT2D eigenvalue weighted by Gasteiger charge is 2.13. The Labute approximate surface area is 173 Å². The molecule has 0 saturated heterocycles. The minimum atomic E-state index is -0.289. The van der Waals surface area contributed by atoms with Crippen LogP contribution in [0.5, 0.6) is 5.75 Å². The zero-order valence-corrected chi connectivity index (χ0v) is 16.7. The molecule has 4 aromatic rings. The van der Waals surface area contributed by atoms with Crippen LogP contribution in [-0.4, -0.2) is 21.0 Å². The summed E-state index contributed by atoms with van der Waals surface area (Å²) in [7, 11) is 0. The largest absolute Gasteiger partial charge is 0.507 e. The molecule has 0 saturated carbocycles. The van der Waals surface area contributed by atoms with Gasteiger partial charge in [-0.15, -0.1) is 0 Å². The van der Waals surface area contributed by atoms with Crippen LogP contribution >= 0.6 is 0 Å². The second-order valence-corrected chi connectivity index (χ2v) is 7.24. The molecule has 0 bridgehead atoms. The lowest BCUT2D eigenvalue weighted by atomic mass is 10.0. The van der Waals surface area contributed by atoms with Crippen LogP contribution in [0.3, 0.4) is 0 Å². The first-order valence-electron chi connectivity index (χ1n) is 9.62. The van der Waals surface area contributed by atoms with Crippen molar-refractivity contribution in [3.05, 3.63) is 78.1 Å². The fourth-order valence-electron chi connectivity index (χ4n) is 3.03. The highest BCUT2D eigenvalue weighted by Crippen LogP contribution is 2.32. The number of oxazole rings is 1. The SMILES string of the molecule is CC(C)c1ccc(/C=C/C(=O)Nc2ccc(-c3nc4cnccc4o3)c(O)c2)cc1. The predicted octanol–water partition coefficient (Wildman–Crippen LogP) is 5.37. The van der Waals surface area contributed by atoms with Crippen molar-refractivity contribution < 1.29 is 14.3 Å². The maximum Gasteiger partial charge on any atom is 0.248 e. The summed E-state index contributed by atoms with van der Waals surface area (Å²) in [6, 6.07) is 14.6. The number of nitrogens with zero attached hydrogens (tertiary/aromatic N) is 2. The molecular formula is C24H21N3O3. The van der Waals surface area contributed by atoms with E-state index in [-0.39, 0.29) is 17.5 Å². The minimum absolute atomic E-state index is 0.0411. The molecule has 0 aliphatic carbocycles. The van der Waals surface area contributed by atoms with Gasteiger partial charge in [-0.3, -0.25) is 9.78 Å².